The lowest BCUT2D eigenvalue weighted by Crippen LogP contribution is -2.49. The molecule has 0 aliphatic carbocycles. The first-order chi connectivity index (χ1) is 15.1. The van der Waals surface area contributed by atoms with E-state index in [-0.39, 0.29) is 0 Å². The van der Waals surface area contributed by atoms with E-state index in [0.717, 1.165) is 0 Å². The van der Waals surface area contributed by atoms with Crippen LogP contribution < -0.4 is 5.32 Å². The number of fused-ring (bicyclic) bond motifs is 2. The molecule has 0 bridgehead atoms. The molecule has 0 saturated carbocycles. The van der Waals surface area contributed by atoms with E-state index in [0.29, 0.717) is 13.5 Å². The molecule has 2 aromatic heterocycles. The number of aromatic nitrogens is 2. The van der Waals surface area contributed by atoms with Gasteiger partial charge in [0.2, 0.25) is 0 Å². The molecular weight excluding hydrogens is 400 g/mol. The van der Waals surface area contributed by atoms with Gasteiger partial charge in [0.15, 0.2) is 0 Å². The second kappa shape index (κ2) is 10.8. The van der Waals surface area contributed by atoms with Gasteiger partial charge in [-0.1, -0.05) is 75.3 Å². The average molecular weight is 437 g/mol. The fourth-order valence-corrected chi connectivity index (χ4v) is 8.41. The second-order valence-electron chi connectivity index (χ2n) is 8.04. The summed E-state index contributed by atoms with van der Waals surface area (Å²) >= 11 is 0. The van der Waals surface area contributed by atoms with Crippen molar-refractivity contribution >= 4 is 35.2 Å². The molecule has 4 aromatic rings. The topological polar surface area (TPSA) is 28.3 Å². The lowest BCUT2D eigenvalue weighted by atomic mass is 10.2. The number of methoxy groups -OCH3 is 2. The molecular formula is C26H36N2O2Si. The van der Waals surface area contributed by atoms with Crippen molar-refractivity contribution in [1.82, 2.24) is 9.13 Å². The Morgan fingerprint density at radius 3 is 1.90 bits per heavy atom. The molecule has 0 N–H and O–H groups in total. The Hall–Kier alpha value is -2.34. The molecule has 0 amide bonds. The Balaban J connectivity index is 0.000000194. The Morgan fingerprint density at radius 2 is 1.29 bits per heavy atom. The van der Waals surface area contributed by atoms with E-state index in [2.05, 4.69) is 78.4 Å². The highest BCUT2D eigenvalue weighted by molar-refractivity contribution is 6.91. The minimum atomic E-state index is -1.38. The lowest BCUT2D eigenvalue weighted by molar-refractivity contribution is 0.135. The van der Waals surface area contributed by atoms with Crippen LogP contribution in [0.3, 0.4) is 0 Å². The fourth-order valence-electron chi connectivity index (χ4n) is 4.60. The van der Waals surface area contributed by atoms with Crippen molar-refractivity contribution in [2.24, 2.45) is 0 Å². The number of benzene rings is 2. The fraction of sp³-hybridized carbons (Fsp3) is 0.385. The van der Waals surface area contributed by atoms with Crippen molar-refractivity contribution in [2.75, 3.05) is 14.2 Å². The first kappa shape index (κ1) is 23.3. The molecule has 0 radical (unpaired) electrons. The number of ether oxygens (including phenoxy) is 2. The Bertz CT molecular complexity index is 1090. The van der Waals surface area contributed by atoms with Crippen molar-refractivity contribution in [1.29, 1.82) is 0 Å². The minimum absolute atomic E-state index is 0.619. The highest BCUT2D eigenvalue weighted by Gasteiger charge is 2.33. The van der Waals surface area contributed by atoms with Gasteiger partial charge in [-0.2, -0.15) is 0 Å². The standard InChI is InChI=1S/C16H25NOSi.C10H11NO/c1-5-19(6-2,7-3)16-12-14-10-8-9-11-15(14)17(16)13-18-4;1-12-8-11-7-6-9-4-2-3-5-10(9)11/h8-12H,5-7,13H2,1-4H3;2-7H,8H2,1H3. The van der Waals surface area contributed by atoms with Gasteiger partial charge in [-0.15, -0.1) is 0 Å². The Morgan fingerprint density at radius 1 is 0.710 bits per heavy atom. The summed E-state index contributed by atoms with van der Waals surface area (Å²) in [6, 6.07) is 25.3. The van der Waals surface area contributed by atoms with Crippen LogP contribution in [0.4, 0.5) is 0 Å². The Kier molecular flexibility index (Phi) is 8.13. The molecule has 5 heteroatoms. The highest BCUT2D eigenvalue weighted by Crippen LogP contribution is 2.24. The molecule has 0 unspecified atom stereocenters. The Labute approximate surface area is 187 Å². The molecule has 0 spiro atoms. The monoisotopic (exact) mass is 436 g/mol. The molecule has 2 aromatic carbocycles. The smallest absolute Gasteiger partial charge is 0.122 e. The summed E-state index contributed by atoms with van der Waals surface area (Å²) in [7, 11) is 2.11. The van der Waals surface area contributed by atoms with Crippen LogP contribution in [0.25, 0.3) is 21.8 Å². The van der Waals surface area contributed by atoms with Gasteiger partial charge in [0.05, 0.1) is 0 Å². The molecule has 2 heterocycles. The summed E-state index contributed by atoms with van der Waals surface area (Å²) in [5, 5.41) is 4.17. The normalized spacial score (nSPS) is 11.6. The first-order valence-electron chi connectivity index (χ1n) is 11.2. The summed E-state index contributed by atoms with van der Waals surface area (Å²) in [4.78, 5) is 0. The van der Waals surface area contributed by atoms with Gasteiger partial charge in [0.1, 0.15) is 21.5 Å². The predicted molar refractivity (Wildman–Crippen MR) is 135 cm³/mol. The summed E-state index contributed by atoms with van der Waals surface area (Å²) in [6.07, 6.45) is 2.04. The van der Waals surface area contributed by atoms with Crippen molar-refractivity contribution in [3.63, 3.8) is 0 Å². The van der Waals surface area contributed by atoms with E-state index in [1.807, 2.05) is 18.3 Å². The van der Waals surface area contributed by atoms with Gasteiger partial charge in [-0.3, -0.25) is 0 Å². The molecule has 4 nitrogen and oxygen atoms in total. The number of hydrogen-bond donors (Lipinski definition) is 0. The van der Waals surface area contributed by atoms with Crippen molar-refractivity contribution in [2.45, 2.75) is 52.4 Å². The van der Waals surface area contributed by atoms with Crippen LogP contribution in [0.1, 0.15) is 20.8 Å². The van der Waals surface area contributed by atoms with Crippen LogP contribution in [-0.2, 0) is 22.9 Å². The van der Waals surface area contributed by atoms with Crippen LogP contribution in [-0.4, -0.2) is 31.4 Å². The molecule has 0 fully saturated rings. The van der Waals surface area contributed by atoms with Crippen molar-refractivity contribution < 1.29 is 9.47 Å². The van der Waals surface area contributed by atoms with Crippen LogP contribution in [0.2, 0.25) is 18.1 Å². The quantitative estimate of drug-likeness (QED) is 0.307. The van der Waals surface area contributed by atoms with E-state index in [1.165, 1.54) is 39.9 Å². The van der Waals surface area contributed by atoms with E-state index >= 15 is 0 Å². The summed E-state index contributed by atoms with van der Waals surface area (Å²) in [6.45, 7) is 8.35. The second-order valence-corrected chi connectivity index (χ2v) is 13.2. The zero-order valence-electron chi connectivity index (χ0n) is 19.6. The zero-order chi connectivity index (χ0) is 22.3. The van der Waals surface area contributed by atoms with E-state index in [1.54, 1.807) is 19.5 Å². The minimum Gasteiger partial charge on any atom is -0.364 e. The van der Waals surface area contributed by atoms with Gasteiger partial charge < -0.3 is 18.6 Å². The largest absolute Gasteiger partial charge is 0.364 e. The van der Waals surface area contributed by atoms with Crippen molar-refractivity contribution in [3.8, 4) is 0 Å². The maximum Gasteiger partial charge on any atom is 0.122 e. The number of hydrogen-bond acceptors (Lipinski definition) is 2. The highest BCUT2D eigenvalue weighted by atomic mass is 28.3. The van der Waals surface area contributed by atoms with Gasteiger partial charge in [0.25, 0.3) is 0 Å². The maximum atomic E-state index is 5.45. The van der Waals surface area contributed by atoms with Gasteiger partial charge in [-0.05, 0) is 35.0 Å². The van der Waals surface area contributed by atoms with E-state index in [4.69, 9.17) is 9.47 Å². The molecule has 4 rings (SSSR count). The predicted octanol–water partition coefficient (Wildman–Crippen LogP) is 6.21. The number of rotatable bonds is 8. The third kappa shape index (κ3) is 4.79. The van der Waals surface area contributed by atoms with Gasteiger partial charge >= 0.3 is 0 Å². The number of nitrogens with zero attached hydrogens (tertiary/aromatic N) is 2. The maximum absolute atomic E-state index is 5.45. The SMILES string of the molecule is CC[Si](CC)(CC)c1cc2ccccc2n1COC.COCn1ccc2ccccc21. The third-order valence-electron chi connectivity index (χ3n) is 6.59. The number of para-hydroxylation sites is 2. The summed E-state index contributed by atoms with van der Waals surface area (Å²) < 4.78 is 15.0. The molecule has 0 aliphatic heterocycles. The van der Waals surface area contributed by atoms with Crippen LogP contribution >= 0.6 is 0 Å². The van der Waals surface area contributed by atoms with E-state index in [9.17, 15) is 0 Å². The van der Waals surface area contributed by atoms with Crippen LogP contribution in [0.15, 0.2) is 66.9 Å². The average Bonchev–Trinajstić information content (AvgIpc) is 3.39. The van der Waals surface area contributed by atoms with Gasteiger partial charge in [-0.25, -0.2) is 0 Å². The summed E-state index contributed by atoms with van der Waals surface area (Å²) in [5.74, 6) is 0. The molecule has 0 aliphatic rings. The van der Waals surface area contributed by atoms with Crippen LogP contribution in [0.5, 0.6) is 0 Å². The van der Waals surface area contributed by atoms with Gasteiger partial charge in [0, 0.05) is 36.8 Å². The third-order valence-corrected chi connectivity index (χ3v) is 12.2. The van der Waals surface area contributed by atoms with E-state index < -0.39 is 8.07 Å². The van der Waals surface area contributed by atoms with Crippen LogP contribution in [0, 0.1) is 0 Å². The molecule has 0 saturated heterocycles. The summed E-state index contributed by atoms with van der Waals surface area (Å²) in [5.41, 5.74) is 2.53. The lowest BCUT2D eigenvalue weighted by Gasteiger charge is -2.29. The first-order valence-corrected chi connectivity index (χ1v) is 13.9. The molecule has 0 atom stereocenters. The van der Waals surface area contributed by atoms with Crippen molar-refractivity contribution in [3.05, 3.63) is 66.9 Å². The molecule has 166 valence electrons. The molecule has 31 heavy (non-hydrogen) atoms. The zero-order valence-corrected chi connectivity index (χ0v) is 20.6.